The zero-order chi connectivity index (χ0) is 17.5. The zero-order valence-electron chi connectivity index (χ0n) is 12.0. The number of alkyl halides is 3. The van der Waals surface area contributed by atoms with Gasteiger partial charge in [-0.3, -0.25) is 0 Å². The fourth-order valence-corrected chi connectivity index (χ4v) is 2.78. The Labute approximate surface area is 145 Å². The summed E-state index contributed by atoms with van der Waals surface area (Å²) in [5.74, 6) is -0.169. The molecule has 0 aliphatic heterocycles. The molecular formula is C16H10Cl2F3N3. The average molecular weight is 372 g/mol. The van der Waals surface area contributed by atoms with Gasteiger partial charge in [0.1, 0.15) is 5.82 Å². The number of nitrogen functional groups attached to an aromatic ring is 1. The third kappa shape index (κ3) is 2.95. The molecule has 0 radical (unpaired) electrons. The van der Waals surface area contributed by atoms with Gasteiger partial charge in [0, 0.05) is 15.6 Å². The molecule has 0 unspecified atom stereocenters. The van der Waals surface area contributed by atoms with Crippen molar-refractivity contribution in [1.82, 2.24) is 9.78 Å². The average Bonchev–Trinajstić information content (AvgIpc) is 2.85. The molecule has 1 aromatic heterocycles. The van der Waals surface area contributed by atoms with Crippen LogP contribution in [0.1, 0.15) is 5.69 Å². The smallest absolute Gasteiger partial charge is 0.383 e. The molecule has 124 valence electrons. The summed E-state index contributed by atoms with van der Waals surface area (Å²) in [6.45, 7) is 0. The molecule has 0 aliphatic carbocycles. The van der Waals surface area contributed by atoms with Crippen molar-refractivity contribution in [2.75, 3.05) is 5.73 Å². The Morgan fingerprint density at radius 3 is 2.33 bits per heavy atom. The van der Waals surface area contributed by atoms with E-state index >= 15 is 0 Å². The second-order valence-electron chi connectivity index (χ2n) is 4.98. The van der Waals surface area contributed by atoms with Crippen LogP contribution in [0.25, 0.3) is 16.8 Å². The normalized spacial score (nSPS) is 11.7. The van der Waals surface area contributed by atoms with Crippen LogP contribution in [0, 0.1) is 0 Å². The van der Waals surface area contributed by atoms with E-state index in [1.165, 1.54) is 18.2 Å². The molecule has 0 atom stereocenters. The van der Waals surface area contributed by atoms with Crippen LogP contribution in [0.5, 0.6) is 0 Å². The Balaban J connectivity index is 2.31. The number of benzene rings is 2. The van der Waals surface area contributed by atoms with Crippen LogP contribution in [0.4, 0.5) is 19.0 Å². The first-order valence-corrected chi connectivity index (χ1v) is 7.51. The molecule has 24 heavy (non-hydrogen) atoms. The molecule has 0 fully saturated rings. The molecule has 0 saturated heterocycles. The Morgan fingerprint density at radius 1 is 1.00 bits per heavy atom. The van der Waals surface area contributed by atoms with E-state index in [1.807, 2.05) is 0 Å². The highest BCUT2D eigenvalue weighted by Crippen LogP contribution is 2.42. The van der Waals surface area contributed by atoms with Gasteiger partial charge in [-0.05, 0) is 24.3 Å². The van der Waals surface area contributed by atoms with E-state index in [0.29, 0.717) is 10.7 Å². The van der Waals surface area contributed by atoms with E-state index in [1.54, 1.807) is 30.3 Å². The van der Waals surface area contributed by atoms with Crippen LogP contribution in [-0.2, 0) is 6.18 Å². The highest BCUT2D eigenvalue weighted by molar-refractivity contribution is 6.33. The van der Waals surface area contributed by atoms with Crippen molar-refractivity contribution >= 4 is 29.0 Å². The number of hydrogen-bond acceptors (Lipinski definition) is 2. The molecule has 3 nitrogen and oxygen atoms in total. The number of anilines is 1. The molecule has 1 heterocycles. The fourth-order valence-electron chi connectivity index (χ4n) is 2.36. The molecule has 3 aromatic rings. The third-order valence-corrected chi connectivity index (χ3v) is 3.95. The van der Waals surface area contributed by atoms with E-state index in [4.69, 9.17) is 28.9 Å². The van der Waals surface area contributed by atoms with Crippen LogP contribution in [0.3, 0.4) is 0 Å². The van der Waals surface area contributed by atoms with E-state index in [-0.39, 0.29) is 22.0 Å². The van der Waals surface area contributed by atoms with Gasteiger partial charge < -0.3 is 5.73 Å². The van der Waals surface area contributed by atoms with Crippen LogP contribution >= 0.6 is 23.2 Å². The van der Waals surface area contributed by atoms with Crippen molar-refractivity contribution < 1.29 is 13.2 Å². The lowest BCUT2D eigenvalue weighted by Gasteiger charge is -2.08. The molecule has 0 bridgehead atoms. The minimum absolute atomic E-state index is 0.153. The van der Waals surface area contributed by atoms with E-state index < -0.39 is 11.9 Å². The van der Waals surface area contributed by atoms with Gasteiger partial charge in [0.2, 0.25) is 0 Å². The van der Waals surface area contributed by atoms with Gasteiger partial charge in [-0.1, -0.05) is 47.5 Å². The number of halogens is 5. The van der Waals surface area contributed by atoms with E-state index in [0.717, 1.165) is 4.68 Å². The van der Waals surface area contributed by atoms with Crippen molar-refractivity contribution in [2.24, 2.45) is 0 Å². The van der Waals surface area contributed by atoms with Crippen molar-refractivity contribution in [3.8, 4) is 16.8 Å². The highest BCUT2D eigenvalue weighted by Gasteiger charge is 2.40. The summed E-state index contributed by atoms with van der Waals surface area (Å²) >= 11 is 12.0. The molecule has 0 spiro atoms. The van der Waals surface area contributed by atoms with Crippen molar-refractivity contribution in [3.63, 3.8) is 0 Å². The third-order valence-electron chi connectivity index (χ3n) is 3.39. The Bertz CT molecular complexity index is 904. The molecule has 0 amide bonds. The van der Waals surface area contributed by atoms with Crippen LogP contribution in [0.15, 0.2) is 48.5 Å². The number of hydrogen-bond donors (Lipinski definition) is 1. The topological polar surface area (TPSA) is 43.8 Å². The van der Waals surface area contributed by atoms with Gasteiger partial charge in [-0.25, -0.2) is 4.68 Å². The van der Waals surface area contributed by atoms with Crippen molar-refractivity contribution in [3.05, 3.63) is 64.3 Å². The molecule has 8 heteroatoms. The number of rotatable bonds is 2. The van der Waals surface area contributed by atoms with E-state index in [2.05, 4.69) is 5.10 Å². The lowest BCUT2D eigenvalue weighted by Crippen LogP contribution is -2.08. The lowest BCUT2D eigenvalue weighted by atomic mass is 10.1. The molecule has 2 N–H and O–H groups in total. The summed E-state index contributed by atoms with van der Waals surface area (Å²) < 4.78 is 41.4. The molecule has 0 aliphatic rings. The summed E-state index contributed by atoms with van der Waals surface area (Å²) in [6.07, 6.45) is -4.69. The van der Waals surface area contributed by atoms with Crippen LogP contribution in [-0.4, -0.2) is 9.78 Å². The van der Waals surface area contributed by atoms with Gasteiger partial charge in [-0.15, -0.1) is 0 Å². The molecule has 0 saturated carbocycles. The Kier molecular flexibility index (Phi) is 4.19. The monoisotopic (exact) mass is 371 g/mol. The first kappa shape index (κ1) is 16.7. The minimum atomic E-state index is -4.69. The van der Waals surface area contributed by atoms with Crippen molar-refractivity contribution in [2.45, 2.75) is 6.18 Å². The maximum atomic E-state index is 13.5. The van der Waals surface area contributed by atoms with Gasteiger partial charge >= 0.3 is 6.18 Å². The molecule has 3 rings (SSSR count). The number of aromatic nitrogens is 2. The summed E-state index contributed by atoms with van der Waals surface area (Å²) in [6, 6.07) is 12.4. The maximum Gasteiger partial charge on any atom is 0.435 e. The number of nitrogens with two attached hydrogens (primary N) is 1. The first-order valence-electron chi connectivity index (χ1n) is 6.75. The Morgan fingerprint density at radius 2 is 1.71 bits per heavy atom. The maximum absolute atomic E-state index is 13.5. The summed E-state index contributed by atoms with van der Waals surface area (Å²) in [7, 11) is 0. The number of nitrogens with zero attached hydrogens (tertiary/aromatic N) is 2. The van der Waals surface area contributed by atoms with Gasteiger partial charge in [0.05, 0.1) is 11.3 Å². The van der Waals surface area contributed by atoms with E-state index in [9.17, 15) is 13.2 Å². The molecule has 2 aromatic carbocycles. The summed E-state index contributed by atoms with van der Waals surface area (Å²) in [5, 5.41) is 4.17. The van der Waals surface area contributed by atoms with Crippen LogP contribution < -0.4 is 5.73 Å². The SMILES string of the molecule is Nc1c(-c2ccccc2Cl)c(C(F)(F)F)nn1-c1cccc(Cl)c1. The van der Waals surface area contributed by atoms with Gasteiger partial charge in [0.15, 0.2) is 5.69 Å². The van der Waals surface area contributed by atoms with Crippen molar-refractivity contribution in [1.29, 1.82) is 0 Å². The quantitative estimate of drug-likeness (QED) is 0.650. The minimum Gasteiger partial charge on any atom is -0.383 e. The largest absolute Gasteiger partial charge is 0.435 e. The second kappa shape index (κ2) is 6.03. The zero-order valence-corrected chi connectivity index (χ0v) is 13.5. The summed E-state index contributed by atoms with van der Waals surface area (Å²) in [5.41, 5.74) is 5.11. The predicted octanol–water partition coefficient (Wildman–Crippen LogP) is 5.45. The predicted molar refractivity (Wildman–Crippen MR) is 88.4 cm³/mol. The van der Waals surface area contributed by atoms with Crippen LogP contribution in [0.2, 0.25) is 10.0 Å². The van der Waals surface area contributed by atoms with Gasteiger partial charge in [0.25, 0.3) is 0 Å². The fraction of sp³-hybridized carbons (Fsp3) is 0.0625. The lowest BCUT2D eigenvalue weighted by molar-refractivity contribution is -0.140. The Hall–Kier alpha value is -2.18. The summed E-state index contributed by atoms with van der Waals surface area (Å²) in [4.78, 5) is 0. The first-order chi connectivity index (χ1) is 11.3. The molecular weight excluding hydrogens is 362 g/mol. The second-order valence-corrected chi connectivity index (χ2v) is 5.82. The highest BCUT2D eigenvalue weighted by atomic mass is 35.5. The standard InChI is InChI=1S/C16H10Cl2F3N3/c17-9-4-3-5-10(8-9)24-15(22)13(14(23-24)16(19,20)21)11-6-1-2-7-12(11)18/h1-8H,22H2. The van der Waals surface area contributed by atoms with Gasteiger partial charge in [-0.2, -0.15) is 18.3 Å².